The Bertz CT molecular complexity index is 771. The summed E-state index contributed by atoms with van der Waals surface area (Å²) < 4.78 is 0. The van der Waals surface area contributed by atoms with Gasteiger partial charge in [0.1, 0.15) is 12.6 Å². The first-order valence-corrected chi connectivity index (χ1v) is 8.52. The zero-order valence-corrected chi connectivity index (χ0v) is 15.9. The highest BCUT2D eigenvalue weighted by molar-refractivity contribution is 5.86. The number of carboxylic acid groups (broad SMARTS) is 2. The number of hydrogen-bond donors (Lipinski definition) is 4. The van der Waals surface area contributed by atoms with Crippen LogP contribution in [0.15, 0.2) is 60.7 Å². The topological polar surface area (TPSA) is 116 Å². The third kappa shape index (κ3) is 7.77. The van der Waals surface area contributed by atoms with E-state index in [-0.39, 0.29) is 25.2 Å². The first kappa shape index (κ1) is 23.1. The molecule has 2 atom stereocenters. The van der Waals surface area contributed by atoms with Crippen LogP contribution in [0.3, 0.4) is 0 Å². The van der Waals surface area contributed by atoms with Crippen molar-refractivity contribution in [2.45, 2.75) is 24.9 Å². The van der Waals surface area contributed by atoms with Crippen LogP contribution < -0.4 is 10.6 Å². The van der Waals surface area contributed by atoms with E-state index < -0.39 is 36.5 Å². The van der Waals surface area contributed by atoms with Gasteiger partial charge in [0.15, 0.2) is 0 Å². The van der Waals surface area contributed by atoms with E-state index >= 15 is 0 Å². The predicted octanol–water partition coefficient (Wildman–Crippen LogP) is 1.51. The van der Waals surface area contributed by atoms with Crippen LogP contribution in [0.4, 0.5) is 0 Å². The molecule has 0 saturated heterocycles. The Balaban J connectivity index is 0.00000392. The lowest BCUT2D eigenvalue weighted by molar-refractivity contribution is -0.141. The number of carbonyl (C=O) groups excluding carboxylic acids is 1. The SMILES string of the molecule is Cl.O=C(O)CNC(=O)[C@H](Cc1ccccc1)NC(Cc1ccccc1)C(=O)O. The number of carbonyl (C=O) groups is 3. The fourth-order valence-corrected chi connectivity index (χ4v) is 2.67. The second kappa shape index (κ2) is 11.7. The summed E-state index contributed by atoms with van der Waals surface area (Å²) in [6.07, 6.45) is 0.443. The summed E-state index contributed by atoms with van der Waals surface area (Å²) >= 11 is 0. The van der Waals surface area contributed by atoms with Crippen LogP contribution >= 0.6 is 12.4 Å². The van der Waals surface area contributed by atoms with E-state index in [1.807, 2.05) is 60.7 Å². The summed E-state index contributed by atoms with van der Waals surface area (Å²) in [6, 6.07) is 16.4. The molecule has 150 valence electrons. The number of aliphatic carboxylic acids is 2. The molecule has 1 unspecified atom stereocenters. The van der Waals surface area contributed by atoms with Crippen molar-refractivity contribution in [3.63, 3.8) is 0 Å². The molecule has 0 aliphatic rings. The maximum absolute atomic E-state index is 12.4. The van der Waals surface area contributed by atoms with E-state index in [4.69, 9.17) is 5.11 Å². The average Bonchev–Trinajstić information content (AvgIpc) is 2.66. The standard InChI is InChI=1S/C20H22N2O5.ClH/c23-18(24)13-21-19(25)16(11-14-7-3-1-4-8-14)22-17(20(26)27)12-15-9-5-2-6-10-15;/h1-10,16-17,22H,11-13H2,(H,21,25)(H,23,24)(H,26,27);1H/t16-,17?;/m0./s1. The van der Waals surface area contributed by atoms with Crippen LogP contribution in [0.1, 0.15) is 11.1 Å². The van der Waals surface area contributed by atoms with E-state index in [9.17, 15) is 19.5 Å². The number of halogens is 1. The molecular formula is C20H23ClN2O5. The van der Waals surface area contributed by atoms with Gasteiger partial charge < -0.3 is 15.5 Å². The number of amides is 1. The van der Waals surface area contributed by atoms with Crippen LogP contribution in [0.2, 0.25) is 0 Å². The van der Waals surface area contributed by atoms with Gasteiger partial charge in [-0.25, -0.2) is 0 Å². The fourth-order valence-electron chi connectivity index (χ4n) is 2.67. The molecule has 4 N–H and O–H groups in total. The van der Waals surface area contributed by atoms with Gasteiger partial charge in [-0.05, 0) is 24.0 Å². The monoisotopic (exact) mass is 406 g/mol. The number of hydrogen-bond acceptors (Lipinski definition) is 4. The lowest BCUT2D eigenvalue weighted by Gasteiger charge is -2.23. The molecule has 0 heterocycles. The Morgan fingerprint density at radius 2 is 1.25 bits per heavy atom. The third-order valence-electron chi connectivity index (χ3n) is 4.00. The lowest BCUT2D eigenvalue weighted by atomic mass is 10.0. The largest absolute Gasteiger partial charge is 0.480 e. The highest BCUT2D eigenvalue weighted by Gasteiger charge is 2.27. The van der Waals surface area contributed by atoms with Gasteiger partial charge in [0.05, 0.1) is 6.04 Å². The number of nitrogens with one attached hydrogen (secondary N) is 2. The quantitative estimate of drug-likeness (QED) is 0.475. The zero-order chi connectivity index (χ0) is 19.6. The Hall–Kier alpha value is -2.90. The molecule has 28 heavy (non-hydrogen) atoms. The summed E-state index contributed by atoms with van der Waals surface area (Å²) in [5.41, 5.74) is 1.66. The van der Waals surface area contributed by atoms with Crippen molar-refractivity contribution in [3.05, 3.63) is 71.8 Å². The molecule has 0 fully saturated rings. The molecule has 7 nitrogen and oxygen atoms in total. The average molecular weight is 407 g/mol. The number of benzene rings is 2. The minimum absolute atomic E-state index is 0. The molecule has 1 amide bonds. The van der Waals surface area contributed by atoms with Crippen LogP contribution in [-0.4, -0.2) is 46.7 Å². The molecule has 0 aromatic heterocycles. The van der Waals surface area contributed by atoms with Gasteiger partial charge >= 0.3 is 11.9 Å². The Kier molecular flexibility index (Phi) is 9.70. The molecule has 0 aliphatic heterocycles. The summed E-state index contributed by atoms with van der Waals surface area (Å²) in [5.74, 6) is -2.80. The molecule has 0 radical (unpaired) electrons. The predicted molar refractivity (Wildman–Crippen MR) is 107 cm³/mol. The highest BCUT2D eigenvalue weighted by Crippen LogP contribution is 2.08. The lowest BCUT2D eigenvalue weighted by Crippen LogP contribution is -2.53. The number of rotatable bonds is 10. The first-order valence-electron chi connectivity index (χ1n) is 8.52. The maximum Gasteiger partial charge on any atom is 0.322 e. The Labute approximate surface area is 169 Å². The van der Waals surface area contributed by atoms with Gasteiger partial charge in [-0.3, -0.25) is 19.7 Å². The van der Waals surface area contributed by atoms with Gasteiger partial charge in [0.25, 0.3) is 0 Å². The van der Waals surface area contributed by atoms with Gasteiger partial charge in [0.2, 0.25) is 5.91 Å². The summed E-state index contributed by atoms with van der Waals surface area (Å²) in [6.45, 7) is -0.526. The first-order chi connectivity index (χ1) is 13.0. The molecule has 0 aliphatic carbocycles. The summed E-state index contributed by atoms with van der Waals surface area (Å²) in [5, 5.41) is 23.5. The van der Waals surface area contributed by atoms with Crippen molar-refractivity contribution >= 4 is 30.3 Å². The zero-order valence-electron chi connectivity index (χ0n) is 15.1. The molecular weight excluding hydrogens is 384 g/mol. The molecule has 0 spiro atoms. The third-order valence-corrected chi connectivity index (χ3v) is 4.00. The van der Waals surface area contributed by atoms with E-state index in [1.54, 1.807) is 0 Å². The van der Waals surface area contributed by atoms with Crippen molar-refractivity contribution in [3.8, 4) is 0 Å². The molecule has 2 aromatic carbocycles. The van der Waals surface area contributed by atoms with Crippen molar-refractivity contribution in [1.82, 2.24) is 10.6 Å². The van der Waals surface area contributed by atoms with Gasteiger partial charge in [0, 0.05) is 0 Å². The van der Waals surface area contributed by atoms with Crippen molar-refractivity contribution in [2.24, 2.45) is 0 Å². The van der Waals surface area contributed by atoms with Crippen molar-refractivity contribution in [1.29, 1.82) is 0 Å². The minimum Gasteiger partial charge on any atom is -0.480 e. The summed E-state index contributed by atoms with van der Waals surface area (Å²) in [7, 11) is 0. The second-order valence-electron chi connectivity index (χ2n) is 6.10. The molecule has 8 heteroatoms. The Morgan fingerprint density at radius 1 is 0.786 bits per heavy atom. The van der Waals surface area contributed by atoms with E-state index in [1.165, 1.54) is 0 Å². The normalized spacial score (nSPS) is 12.3. The van der Waals surface area contributed by atoms with E-state index in [0.29, 0.717) is 0 Å². The van der Waals surface area contributed by atoms with Crippen LogP contribution in [0, 0.1) is 0 Å². The van der Waals surface area contributed by atoms with Crippen molar-refractivity contribution < 1.29 is 24.6 Å². The van der Waals surface area contributed by atoms with E-state index in [0.717, 1.165) is 11.1 Å². The smallest absolute Gasteiger partial charge is 0.322 e. The fraction of sp³-hybridized carbons (Fsp3) is 0.250. The van der Waals surface area contributed by atoms with Gasteiger partial charge in [-0.1, -0.05) is 60.7 Å². The second-order valence-corrected chi connectivity index (χ2v) is 6.10. The van der Waals surface area contributed by atoms with Crippen LogP contribution in [-0.2, 0) is 27.2 Å². The minimum atomic E-state index is -1.17. The molecule has 0 bridgehead atoms. The summed E-state index contributed by atoms with van der Waals surface area (Å²) in [4.78, 5) is 34.9. The van der Waals surface area contributed by atoms with Gasteiger partial charge in [-0.2, -0.15) is 0 Å². The van der Waals surface area contributed by atoms with Crippen molar-refractivity contribution in [2.75, 3.05) is 6.54 Å². The molecule has 2 aromatic rings. The van der Waals surface area contributed by atoms with E-state index in [2.05, 4.69) is 10.6 Å². The van der Waals surface area contributed by atoms with Crippen LogP contribution in [0.25, 0.3) is 0 Å². The highest BCUT2D eigenvalue weighted by atomic mass is 35.5. The number of carboxylic acids is 2. The Morgan fingerprint density at radius 3 is 1.68 bits per heavy atom. The maximum atomic E-state index is 12.4. The molecule has 0 saturated carbocycles. The van der Waals surface area contributed by atoms with Gasteiger partial charge in [-0.15, -0.1) is 12.4 Å². The molecule has 2 rings (SSSR count). The van der Waals surface area contributed by atoms with Crippen LogP contribution in [0.5, 0.6) is 0 Å².